The van der Waals surface area contributed by atoms with Gasteiger partial charge in [-0.1, -0.05) is 6.07 Å². The Balaban J connectivity index is 1.38. The zero-order valence-electron chi connectivity index (χ0n) is 17.6. The van der Waals surface area contributed by atoms with E-state index in [9.17, 15) is 17.6 Å². The Morgan fingerprint density at radius 1 is 1.06 bits per heavy atom. The van der Waals surface area contributed by atoms with Crippen molar-refractivity contribution >= 4 is 21.6 Å². The molecule has 0 saturated carbocycles. The third-order valence-corrected chi connectivity index (χ3v) is 8.10. The topological polar surface area (TPSA) is 75.7 Å². The summed E-state index contributed by atoms with van der Waals surface area (Å²) < 4.78 is 46.4. The van der Waals surface area contributed by atoms with Crippen molar-refractivity contribution in [3.05, 3.63) is 53.3 Å². The van der Waals surface area contributed by atoms with Crippen LogP contribution in [0.3, 0.4) is 0 Å². The average molecular weight is 447 g/mol. The van der Waals surface area contributed by atoms with Crippen molar-refractivity contribution in [3.63, 3.8) is 0 Å². The van der Waals surface area contributed by atoms with E-state index in [-0.39, 0.29) is 30.7 Å². The van der Waals surface area contributed by atoms with Crippen LogP contribution in [-0.4, -0.2) is 38.8 Å². The number of nitrogens with zero attached hydrogens (tertiary/aromatic N) is 1. The second-order valence-electron chi connectivity index (χ2n) is 8.15. The maximum atomic E-state index is 13.8. The molecule has 0 atom stereocenters. The number of amides is 1. The number of methoxy groups -OCH3 is 1. The number of sulfonamides is 1. The number of benzene rings is 2. The summed E-state index contributed by atoms with van der Waals surface area (Å²) >= 11 is 0. The zero-order chi connectivity index (χ0) is 22.0. The lowest BCUT2D eigenvalue weighted by Crippen LogP contribution is -2.41. The maximum absolute atomic E-state index is 13.8. The van der Waals surface area contributed by atoms with Crippen LogP contribution >= 0.6 is 0 Å². The van der Waals surface area contributed by atoms with Gasteiger partial charge in [0.05, 0.1) is 12.0 Å². The molecule has 2 aromatic carbocycles. The first-order valence-corrected chi connectivity index (χ1v) is 12.1. The van der Waals surface area contributed by atoms with Crippen molar-refractivity contribution in [1.82, 2.24) is 4.31 Å². The molecule has 6 nitrogen and oxygen atoms in total. The molecular formula is C23H27FN2O4S. The van der Waals surface area contributed by atoms with Crippen molar-refractivity contribution in [2.45, 2.75) is 43.4 Å². The molecule has 0 bridgehead atoms. The zero-order valence-corrected chi connectivity index (χ0v) is 18.4. The highest BCUT2D eigenvalue weighted by Gasteiger charge is 2.32. The minimum absolute atomic E-state index is 0.110. The lowest BCUT2D eigenvalue weighted by Gasteiger charge is -2.31. The first-order chi connectivity index (χ1) is 14.9. The van der Waals surface area contributed by atoms with Gasteiger partial charge in [0.2, 0.25) is 15.9 Å². The average Bonchev–Trinajstić information content (AvgIpc) is 2.79. The summed E-state index contributed by atoms with van der Waals surface area (Å²) in [7, 11) is -2.20. The van der Waals surface area contributed by atoms with Crippen molar-refractivity contribution in [2.75, 3.05) is 25.5 Å². The molecule has 1 amide bonds. The molecule has 1 aliphatic heterocycles. The molecule has 166 valence electrons. The van der Waals surface area contributed by atoms with Crippen molar-refractivity contribution < 1.29 is 22.3 Å². The Hall–Kier alpha value is -2.45. The van der Waals surface area contributed by atoms with E-state index >= 15 is 0 Å². The van der Waals surface area contributed by atoms with E-state index < -0.39 is 15.8 Å². The van der Waals surface area contributed by atoms with Crippen LogP contribution in [-0.2, 0) is 27.7 Å². The van der Waals surface area contributed by atoms with E-state index in [4.69, 9.17) is 4.74 Å². The molecular weight excluding hydrogens is 419 g/mol. The van der Waals surface area contributed by atoms with E-state index in [1.54, 1.807) is 12.1 Å². The summed E-state index contributed by atoms with van der Waals surface area (Å²) in [4.78, 5) is 12.9. The lowest BCUT2D eigenvalue weighted by atomic mass is 9.92. The second-order valence-corrected chi connectivity index (χ2v) is 10.1. The van der Waals surface area contributed by atoms with Gasteiger partial charge in [-0.15, -0.1) is 0 Å². The van der Waals surface area contributed by atoms with Gasteiger partial charge in [0, 0.05) is 30.8 Å². The quantitative estimate of drug-likeness (QED) is 0.759. The molecule has 0 unspecified atom stereocenters. The number of aryl methyl sites for hydroxylation is 2. The van der Waals surface area contributed by atoms with Gasteiger partial charge >= 0.3 is 0 Å². The first-order valence-electron chi connectivity index (χ1n) is 10.6. The van der Waals surface area contributed by atoms with Gasteiger partial charge in [0.15, 0.2) is 11.6 Å². The van der Waals surface area contributed by atoms with E-state index in [0.29, 0.717) is 23.4 Å². The van der Waals surface area contributed by atoms with Crippen LogP contribution < -0.4 is 10.1 Å². The summed E-state index contributed by atoms with van der Waals surface area (Å²) in [5.41, 5.74) is 2.73. The number of hydrogen-bond acceptors (Lipinski definition) is 4. The van der Waals surface area contributed by atoms with Crippen LogP contribution in [0.5, 0.6) is 5.75 Å². The molecule has 1 aliphatic carbocycles. The highest BCUT2D eigenvalue weighted by molar-refractivity contribution is 7.89. The molecule has 1 N–H and O–H groups in total. The molecule has 0 radical (unpaired) electrons. The van der Waals surface area contributed by atoms with Crippen molar-refractivity contribution in [2.24, 2.45) is 5.92 Å². The minimum atomic E-state index is -3.58. The summed E-state index contributed by atoms with van der Waals surface area (Å²) in [6, 6.07) is 9.72. The Labute approximate surface area is 182 Å². The normalized spacial score (nSPS) is 17.7. The van der Waals surface area contributed by atoms with Gasteiger partial charge in [-0.2, -0.15) is 4.31 Å². The lowest BCUT2D eigenvalue weighted by molar-refractivity contribution is -0.120. The Bertz CT molecular complexity index is 1080. The number of halogens is 1. The molecule has 31 heavy (non-hydrogen) atoms. The smallest absolute Gasteiger partial charge is 0.243 e. The monoisotopic (exact) mass is 446 g/mol. The highest BCUT2D eigenvalue weighted by atomic mass is 32.2. The maximum Gasteiger partial charge on any atom is 0.243 e. The third-order valence-electron chi connectivity index (χ3n) is 6.20. The standard InChI is InChI=1S/C23H27FN2O4S/c1-30-22-9-7-19(15-21(22)24)25-23(27)17-10-12-26(13-11-17)31(28,29)20-8-6-16-4-2-3-5-18(16)14-20/h6-9,14-15,17H,2-5,10-13H2,1H3,(H,25,27). The Morgan fingerprint density at radius 2 is 1.77 bits per heavy atom. The Kier molecular flexibility index (Phi) is 6.29. The van der Waals surface area contributed by atoms with Gasteiger partial charge < -0.3 is 10.1 Å². The van der Waals surface area contributed by atoms with Gasteiger partial charge in [-0.05, 0) is 73.9 Å². The number of anilines is 1. The van der Waals surface area contributed by atoms with Crippen molar-refractivity contribution in [3.8, 4) is 5.75 Å². The number of nitrogens with one attached hydrogen (secondary N) is 1. The molecule has 1 fully saturated rings. The summed E-state index contributed by atoms with van der Waals surface area (Å²) in [6.45, 7) is 0.572. The molecule has 2 aromatic rings. The number of carbonyl (C=O) groups is 1. The van der Waals surface area contributed by atoms with Crippen LogP contribution in [0, 0.1) is 11.7 Å². The largest absolute Gasteiger partial charge is 0.494 e. The highest BCUT2D eigenvalue weighted by Crippen LogP contribution is 2.29. The number of hydrogen-bond donors (Lipinski definition) is 1. The summed E-state index contributed by atoms with van der Waals surface area (Å²) in [5.74, 6) is -0.986. The molecule has 2 aliphatic rings. The van der Waals surface area contributed by atoms with E-state index in [1.165, 1.54) is 29.1 Å². The first kappa shape index (κ1) is 21.8. The third kappa shape index (κ3) is 4.60. The molecule has 4 rings (SSSR count). The van der Waals surface area contributed by atoms with Crippen LogP contribution in [0.4, 0.5) is 10.1 Å². The van der Waals surface area contributed by atoms with Gasteiger partial charge in [0.1, 0.15) is 0 Å². The number of fused-ring (bicyclic) bond motifs is 1. The van der Waals surface area contributed by atoms with Crippen LogP contribution in [0.2, 0.25) is 0 Å². The molecule has 8 heteroatoms. The molecule has 1 heterocycles. The molecule has 0 spiro atoms. The minimum Gasteiger partial charge on any atom is -0.494 e. The van der Waals surface area contributed by atoms with Gasteiger partial charge in [0.25, 0.3) is 0 Å². The fourth-order valence-corrected chi connectivity index (χ4v) is 5.89. The SMILES string of the molecule is COc1ccc(NC(=O)C2CCN(S(=O)(=O)c3ccc4c(c3)CCCC4)CC2)cc1F. The predicted molar refractivity (Wildman–Crippen MR) is 116 cm³/mol. The Morgan fingerprint density at radius 3 is 2.45 bits per heavy atom. The van der Waals surface area contributed by atoms with E-state index in [1.807, 2.05) is 12.1 Å². The summed E-state index contributed by atoms with van der Waals surface area (Å²) in [6.07, 6.45) is 5.03. The predicted octanol–water partition coefficient (Wildman–Crippen LogP) is 3.75. The van der Waals surface area contributed by atoms with Crippen LogP contribution in [0.15, 0.2) is 41.3 Å². The number of carbonyl (C=O) groups excluding carboxylic acids is 1. The fraction of sp³-hybridized carbons (Fsp3) is 0.435. The summed E-state index contributed by atoms with van der Waals surface area (Å²) in [5, 5.41) is 2.72. The number of piperidine rings is 1. The van der Waals surface area contributed by atoms with Crippen LogP contribution in [0.25, 0.3) is 0 Å². The fourth-order valence-electron chi connectivity index (χ4n) is 4.37. The van der Waals surface area contributed by atoms with Crippen LogP contribution in [0.1, 0.15) is 36.8 Å². The number of ether oxygens (including phenoxy) is 1. The van der Waals surface area contributed by atoms with E-state index in [2.05, 4.69) is 5.32 Å². The number of rotatable bonds is 5. The molecule has 1 saturated heterocycles. The van der Waals surface area contributed by atoms with Crippen molar-refractivity contribution in [1.29, 1.82) is 0 Å². The second kappa shape index (κ2) is 8.96. The molecule has 0 aromatic heterocycles. The van der Waals surface area contributed by atoms with E-state index in [0.717, 1.165) is 31.2 Å². The van der Waals surface area contributed by atoms with Gasteiger partial charge in [-0.3, -0.25) is 4.79 Å². The van der Waals surface area contributed by atoms with Gasteiger partial charge in [-0.25, -0.2) is 12.8 Å².